The molecule has 1 unspecified atom stereocenters. The number of hydrogen-bond acceptors (Lipinski definition) is 6. The van der Waals surface area contributed by atoms with Crippen LogP contribution in [0.4, 0.5) is 5.13 Å². The minimum atomic E-state index is -3.53. The summed E-state index contributed by atoms with van der Waals surface area (Å²) in [7, 11) is -3.53. The van der Waals surface area contributed by atoms with Crippen molar-refractivity contribution >= 4 is 38.1 Å². The second kappa shape index (κ2) is 9.40. The number of nitrogens with one attached hydrogen (secondary N) is 2. The Morgan fingerprint density at radius 3 is 2.42 bits per heavy atom. The predicted molar refractivity (Wildman–Crippen MR) is 122 cm³/mol. The topological polar surface area (TPSA) is 105 Å². The van der Waals surface area contributed by atoms with E-state index in [1.54, 1.807) is 19.1 Å². The SMILES string of the molecule is CCS(=O)(=O)c1ccccc1C(=O)Nc1nc(-c2ccc(C(C)NC(C)=O)cc2)cs1. The van der Waals surface area contributed by atoms with Gasteiger partial charge in [0, 0.05) is 17.9 Å². The van der Waals surface area contributed by atoms with Crippen LogP contribution in [0, 0.1) is 0 Å². The minimum absolute atomic E-state index is 0.00987. The zero-order valence-corrected chi connectivity index (χ0v) is 19.0. The molecule has 2 N–H and O–H groups in total. The van der Waals surface area contributed by atoms with E-state index < -0.39 is 15.7 Å². The number of aromatic nitrogens is 1. The Morgan fingerprint density at radius 1 is 1.10 bits per heavy atom. The first-order valence-electron chi connectivity index (χ1n) is 9.67. The van der Waals surface area contributed by atoms with Gasteiger partial charge in [-0.05, 0) is 24.6 Å². The molecule has 2 aromatic carbocycles. The third-order valence-electron chi connectivity index (χ3n) is 4.70. The fraction of sp³-hybridized carbons (Fsp3) is 0.227. The molecule has 3 rings (SSSR count). The highest BCUT2D eigenvalue weighted by atomic mass is 32.2. The Kier molecular flexibility index (Phi) is 6.87. The van der Waals surface area contributed by atoms with Gasteiger partial charge in [-0.1, -0.05) is 43.3 Å². The van der Waals surface area contributed by atoms with Crippen molar-refractivity contribution in [3.8, 4) is 11.3 Å². The lowest BCUT2D eigenvalue weighted by atomic mass is 10.1. The quantitative estimate of drug-likeness (QED) is 0.557. The van der Waals surface area contributed by atoms with Crippen LogP contribution in [-0.4, -0.2) is 31.0 Å². The van der Waals surface area contributed by atoms with Gasteiger partial charge < -0.3 is 5.32 Å². The monoisotopic (exact) mass is 457 g/mol. The molecule has 1 atom stereocenters. The average Bonchev–Trinajstić information content (AvgIpc) is 3.21. The molecule has 0 aliphatic heterocycles. The Bertz CT molecular complexity index is 1200. The molecule has 0 saturated heterocycles. The van der Waals surface area contributed by atoms with Crippen molar-refractivity contribution < 1.29 is 18.0 Å². The normalized spacial score (nSPS) is 12.2. The van der Waals surface area contributed by atoms with Crippen LogP contribution in [0.15, 0.2) is 58.8 Å². The van der Waals surface area contributed by atoms with E-state index in [9.17, 15) is 18.0 Å². The lowest BCUT2D eigenvalue weighted by molar-refractivity contribution is -0.119. The zero-order valence-electron chi connectivity index (χ0n) is 17.4. The first kappa shape index (κ1) is 22.6. The van der Waals surface area contributed by atoms with Gasteiger partial charge in [-0.3, -0.25) is 14.9 Å². The maximum absolute atomic E-state index is 12.7. The van der Waals surface area contributed by atoms with Crippen LogP contribution in [0.1, 0.15) is 42.7 Å². The summed E-state index contributed by atoms with van der Waals surface area (Å²) in [6.07, 6.45) is 0. The van der Waals surface area contributed by atoms with E-state index in [1.165, 1.54) is 30.4 Å². The van der Waals surface area contributed by atoms with Crippen molar-refractivity contribution in [1.82, 2.24) is 10.3 Å². The van der Waals surface area contributed by atoms with Crippen molar-refractivity contribution in [2.75, 3.05) is 11.1 Å². The smallest absolute Gasteiger partial charge is 0.258 e. The van der Waals surface area contributed by atoms with Crippen LogP contribution >= 0.6 is 11.3 Å². The Morgan fingerprint density at radius 2 is 1.77 bits per heavy atom. The highest BCUT2D eigenvalue weighted by molar-refractivity contribution is 7.91. The molecule has 1 aromatic heterocycles. The first-order valence-corrected chi connectivity index (χ1v) is 12.2. The maximum Gasteiger partial charge on any atom is 0.258 e. The molecule has 0 aliphatic carbocycles. The molecular weight excluding hydrogens is 434 g/mol. The van der Waals surface area contributed by atoms with Gasteiger partial charge in [0.15, 0.2) is 15.0 Å². The largest absolute Gasteiger partial charge is 0.350 e. The van der Waals surface area contributed by atoms with Crippen molar-refractivity contribution in [3.63, 3.8) is 0 Å². The van der Waals surface area contributed by atoms with Gasteiger partial charge >= 0.3 is 0 Å². The van der Waals surface area contributed by atoms with Crippen molar-refractivity contribution in [1.29, 1.82) is 0 Å². The predicted octanol–water partition coefficient (Wildman–Crippen LogP) is 4.05. The Labute approximate surface area is 185 Å². The highest BCUT2D eigenvalue weighted by Gasteiger charge is 2.21. The van der Waals surface area contributed by atoms with Crippen LogP contribution < -0.4 is 10.6 Å². The molecule has 0 bridgehead atoms. The highest BCUT2D eigenvalue weighted by Crippen LogP contribution is 2.27. The second-order valence-corrected chi connectivity index (χ2v) is 10.0. The maximum atomic E-state index is 12.7. The molecule has 0 fully saturated rings. The van der Waals surface area contributed by atoms with E-state index in [2.05, 4.69) is 15.6 Å². The number of nitrogens with zero attached hydrogens (tertiary/aromatic N) is 1. The van der Waals surface area contributed by atoms with Gasteiger partial charge in [0.1, 0.15) is 0 Å². The minimum Gasteiger partial charge on any atom is -0.350 e. The molecule has 31 heavy (non-hydrogen) atoms. The third kappa shape index (κ3) is 5.36. The van der Waals surface area contributed by atoms with E-state index in [0.717, 1.165) is 11.1 Å². The van der Waals surface area contributed by atoms with Crippen molar-refractivity contribution in [3.05, 3.63) is 65.0 Å². The van der Waals surface area contributed by atoms with Crippen LogP contribution in [-0.2, 0) is 14.6 Å². The molecule has 162 valence electrons. The molecule has 2 amide bonds. The van der Waals surface area contributed by atoms with E-state index in [1.807, 2.05) is 36.6 Å². The third-order valence-corrected chi connectivity index (χ3v) is 7.24. The van der Waals surface area contributed by atoms with Crippen molar-refractivity contribution in [2.45, 2.75) is 31.7 Å². The molecule has 7 nitrogen and oxygen atoms in total. The molecule has 0 radical (unpaired) electrons. The van der Waals surface area contributed by atoms with Gasteiger partial charge in [0.25, 0.3) is 5.91 Å². The standard InChI is InChI=1S/C22H23N3O4S2/c1-4-31(28,29)20-8-6-5-7-18(20)21(27)25-22-24-19(13-30-22)17-11-9-16(10-12-17)14(2)23-15(3)26/h5-14H,4H2,1-3H3,(H,23,26)(H,24,25,27). The molecule has 9 heteroatoms. The molecule has 3 aromatic rings. The number of amides is 2. The molecule has 0 saturated carbocycles. The van der Waals surface area contributed by atoms with Crippen LogP contribution in [0.5, 0.6) is 0 Å². The summed E-state index contributed by atoms with van der Waals surface area (Å²) >= 11 is 1.26. The lowest BCUT2D eigenvalue weighted by Crippen LogP contribution is -2.23. The van der Waals surface area contributed by atoms with Gasteiger partial charge in [-0.2, -0.15) is 0 Å². The van der Waals surface area contributed by atoms with E-state index in [4.69, 9.17) is 0 Å². The summed E-state index contributed by atoms with van der Waals surface area (Å²) in [5.41, 5.74) is 2.62. The van der Waals surface area contributed by atoms with E-state index >= 15 is 0 Å². The summed E-state index contributed by atoms with van der Waals surface area (Å²) in [4.78, 5) is 28.4. The fourth-order valence-electron chi connectivity index (χ4n) is 3.04. The summed E-state index contributed by atoms with van der Waals surface area (Å²) < 4.78 is 24.6. The van der Waals surface area contributed by atoms with Gasteiger partial charge in [-0.25, -0.2) is 13.4 Å². The van der Waals surface area contributed by atoms with E-state index in [0.29, 0.717) is 10.8 Å². The first-order chi connectivity index (χ1) is 14.7. The number of carbonyl (C=O) groups is 2. The summed E-state index contributed by atoms with van der Waals surface area (Å²) in [6, 6.07) is 13.7. The average molecular weight is 458 g/mol. The van der Waals surface area contributed by atoms with Crippen molar-refractivity contribution in [2.24, 2.45) is 0 Å². The fourth-order valence-corrected chi connectivity index (χ4v) is 4.85. The summed E-state index contributed by atoms with van der Waals surface area (Å²) in [6.45, 7) is 4.93. The number of sulfone groups is 1. The second-order valence-electron chi connectivity index (χ2n) is 6.94. The molecule has 0 spiro atoms. The number of rotatable bonds is 7. The Hall–Kier alpha value is -3.04. The number of hydrogen-bond donors (Lipinski definition) is 2. The number of benzene rings is 2. The summed E-state index contributed by atoms with van der Waals surface area (Å²) in [5, 5.41) is 7.72. The number of carbonyl (C=O) groups excluding carboxylic acids is 2. The molecule has 0 aliphatic rings. The number of anilines is 1. The van der Waals surface area contributed by atoms with E-state index in [-0.39, 0.29) is 28.2 Å². The molecule has 1 heterocycles. The van der Waals surface area contributed by atoms with Gasteiger partial charge in [-0.15, -0.1) is 11.3 Å². The summed E-state index contributed by atoms with van der Waals surface area (Å²) in [5.74, 6) is -0.701. The van der Waals surface area contributed by atoms with Gasteiger partial charge in [0.2, 0.25) is 5.91 Å². The van der Waals surface area contributed by atoms with Gasteiger partial charge in [0.05, 0.1) is 27.9 Å². The zero-order chi connectivity index (χ0) is 22.6. The van der Waals surface area contributed by atoms with Crippen LogP contribution in [0.3, 0.4) is 0 Å². The van der Waals surface area contributed by atoms with Crippen LogP contribution in [0.25, 0.3) is 11.3 Å². The number of thiazole rings is 1. The Balaban J connectivity index is 1.77. The van der Waals surface area contributed by atoms with Crippen LogP contribution in [0.2, 0.25) is 0 Å². The molecular formula is C22H23N3O4S2. The lowest BCUT2D eigenvalue weighted by Gasteiger charge is -2.13.